The Labute approximate surface area is 195 Å². The maximum Gasteiger partial charge on any atom is 0.311 e. The molecule has 9 heteroatoms. The van der Waals surface area contributed by atoms with Crippen LogP contribution in [0.1, 0.15) is 17.0 Å². The molecular formula is C24H18ClFN2O4S. The number of ether oxygens (including phenoxy) is 1. The van der Waals surface area contributed by atoms with Gasteiger partial charge in [0.25, 0.3) is 0 Å². The summed E-state index contributed by atoms with van der Waals surface area (Å²) in [7, 11) is -2.34. The van der Waals surface area contributed by atoms with Crippen molar-refractivity contribution in [1.29, 1.82) is 0 Å². The predicted octanol–water partition coefficient (Wildman–Crippen LogP) is 5.19. The minimum absolute atomic E-state index is 0.101. The monoisotopic (exact) mass is 484 g/mol. The van der Waals surface area contributed by atoms with Gasteiger partial charge >= 0.3 is 10.1 Å². The van der Waals surface area contributed by atoms with Crippen LogP contribution in [0.3, 0.4) is 0 Å². The van der Waals surface area contributed by atoms with E-state index in [9.17, 15) is 12.8 Å². The van der Waals surface area contributed by atoms with Crippen molar-refractivity contribution >= 4 is 21.7 Å². The standard InChI is InChI=1S/C24H18ClFN2O4S/c1-31-20-12-4-16(5-13-20)23-22-21(15-2-8-18(26)9-3-15)14-33(29,30)32-24(22)28(27-23)19-10-6-17(25)7-11-19/h2-13,21H,14H2,1H3. The van der Waals surface area contributed by atoms with Crippen molar-refractivity contribution in [3.63, 3.8) is 0 Å². The van der Waals surface area contributed by atoms with Crippen LogP contribution in [0.4, 0.5) is 4.39 Å². The second kappa shape index (κ2) is 8.20. The van der Waals surface area contributed by atoms with Crippen LogP contribution < -0.4 is 8.92 Å². The summed E-state index contributed by atoms with van der Waals surface area (Å²) >= 11 is 6.03. The van der Waals surface area contributed by atoms with E-state index in [2.05, 4.69) is 0 Å². The summed E-state index contributed by atoms with van der Waals surface area (Å²) in [6.45, 7) is 0. The smallest absolute Gasteiger partial charge is 0.311 e. The first-order valence-electron chi connectivity index (χ1n) is 10.1. The molecule has 0 spiro atoms. The highest BCUT2D eigenvalue weighted by atomic mass is 35.5. The second-order valence-corrected chi connectivity index (χ2v) is 9.65. The largest absolute Gasteiger partial charge is 0.497 e. The Balaban J connectivity index is 1.77. The maximum atomic E-state index is 13.6. The fraction of sp³-hybridized carbons (Fsp3) is 0.125. The number of benzene rings is 3. The van der Waals surface area contributed by atoms with Gasteiger partial charge in [0.2, 0.25) is 5.88 Å². The molecule has 33 heavy (non-hydrogen) atoms. The van der Waals surface area contributed by atoms with E-state index in [1.54, 1.807) is 55.6 Å². The molecule has 2 heterocycles. The summed E-state index contributed by atoms with van der Waals surface area (Å²) in [6, 6.07) is 19.9. The van der Waals surface area contributed by atoms with E-state index in [1.807, 2.05) is 12.1 Å². The van der Waals surface area contributed by atoms with Crippen LogP contribution in [-0.2, 0) is 10.1 Å². The van der Waals surface area contributed by atoms with Gasteiger partial charge in [0.05, 0.1) is 24.1 Å². The maximum absolute atomic E-state index is 13.6. The molecule has 6 nitrogen and oxygen atoms in total. The van der Waals surface area contributed by atoms with Gasteiger partial charge in [-0.05, 0) is 66.2 Å². The third-order valence-electron chi connectivity index (χ3n) is 5.51. The first-order chi connectivity index (χ1) is 15.8. The summed E-state index contributed by atoms with van der Waals surface area (Å²) in [6.07, 6.45) is 0. The first kappa shape index (κ1) is 21.5. The van der Waals surface area contributed by atoms with Crippen LogP contribution in [0.15, 0.2) is 72.8 Å². The molecule has 5 rings (SSSR count). The molecule has 3 aromatic carbocycles. The average molecular weight is 485 g/mol. The summed E-state index contributed by atoms with van der Waals surface area (Å²) in [5, 5.41) is 5.28. The number of rotatable bonds is 4. The molecule has 0 saturated carbocycles. The van der Waals surface area contributed by atoms with Crippen molar-refractivity contribution in [2.24, 2.45) is 0 Å². The number of fused-ring (bicyclic) bond motifs is 1. The minimum atomic E-state index is -3.92. The van der Waals surface area contributed by atoms with Crippen LogP contribution in [0.5, 0.6) is 11.6 Å². The zero-order valence-corrected chi connectivity index (χ0v) is 19.0. The molecule has 0 saturated heterocycles. The molecule has 1 unspecified atom stereocenters. The van der Waals surface area contributed by atoms with Gasteiger partial charge in [0, 0.05) is 16.5 Å². The summed E-state index contributed by atoms with van der Waals surface area (Å²) < 4.78 is 51.3. The van der Waals surface area contributed by atoms with Crippen LogP contribution in [0, 0.1) is 5.82 Å². The summed E-state index contributed by atoms with van der Waals surface area (Å²) in [5.74, 6) is -0.512. The lowest BCUT2D eigenvalue weighted by Crippen LogP contribution is -2.27. The van der Waals surface area contributed by atoms with Crippen molar-refractivity contribution in [2.45, 2.75) is 5.92 Å². The van der Waals surface area contributed by atoms with Gasteiger partial charge in [-0.1, -0.05) is 23.7 Å². The van der Waals surface area contributed by atoms with Gasteiger partial charge < -0.3 is 8.92 Å². The molecule has 0 radical (unpaired) electrons. The van der Waals surface area contributed by atoms with Crippen molar-refractivity contribution in [2.75, 3.05) is 12.9 Å². The molecule has 4 aromatic rings. The van der Waals surface area contributed by atoms with E-state index in [0.29, 0.717) is 33.3 Å². The first-order valence-corrected chi connectivity index (χ1v) is 12.0. The Morgan fingerprint density at radius 1 is 1.03 bits per heavy atom. The molecule has 0 fully saturated rings. The number of hydrogen-bond acceptors (Lipinski definition) is 5. The zero-order valence-electron chi connectivity index (χ0n) is 17.4. The average Bonchev–Trinajstić information content (AvgIpc) is 3.18. The number of methoxy groups -OCH3 is 1. The molecule has 1 aromatic heterocycles. The minimum Gasteiger partial charge on any atom is -0.497 e. The normalized spacial score (nSPS) is 16.6. The summed E-state index contributed by atoms with van der Waals surface area (Å²) in [4.78, 5) is 0. The van der Waals surface area contributed by atoms with E-state index in [1.165, 1.54) is 16.8 Å². The van der Waals surface area contributed by atoms with Crippen molar-refractivity contribution < 1.29 is 21.7 Å². The third kappa shape index (κ3) is 4.07. The van der Waals surface area contributed by atoms with Gasteiger partial charge in [-0.15, -0.1) is 0 Å². The Morgan fingerprint density at radius 2 is 1.70 bits per heavy atom. The van der Waals surface area contributed by atoms with Crippen LogP contribution >= 0.6 is 11.6 Å². The van der Waals surface area contributed by atoms with Crippen LogP contribution in [0.2, 0.25) is 5.02 Å². The molecule has 1 aliphatic heterocycles. The topological polar surface area (TPSA) is 70.4 Å². The van der Waals surface area contributed by atoms with E-state index in [4.69, 9.17) is 25.6 Å². The lowest BCUT2D eigenvalue weighted by molar-refractivity contribution is 0.415. The van der Waals surface area contributed by atoms with E-state index in [-0.39, 0.29) is 11.6 Å². The number of hydrogen-bond donors (Lipinski definition) is 0. The quantitative estimate of drug-likeness (QED) is 0.373. The highest BCUT2D eigenvalue weighted by Crippen LogP contribution is 2.45. The van der Waals surface area contributed by atoms with Crippen molar-refractivity contribution in [1.82, 2.24) is 9.78 Å². The van der Waals surface area contributed by atoms with Crippen LogP contribution in [0.25, 0.3) is 16.9 Å². The molecule has 0 amide bonds. The SMILES string of the molecule is COc1ccc(-c2nn(-c3ccc(Cl)cc3)c3c2C(c2ccc(F)cc2)CS(=O)(=O)O3)cc1. The number of nitrogens with zero attached hydrogens (tertiary/aromatic N) is 2. The van der Waals surface area contributed by atoms with Gasteiger partial charge in [-0.2, -0.15) is 18.2 Å². The predicted molar refractivity (Wildman–Crippen MR) is 123 cm³/mol. The van der Waals surface area contributed by atoms with E-state index >= 15 is 0 Å². The number of aromatic nitrogens is 2. The number of halogens is 2. The Morgan fingerprint density at radius 3 is 2.33 bits per heavy atom. The Hall–Kier alpha value is -3.36. The molecule has 0 aliphatic carbocycles. The van der Waals surface area contributed by atoms with Gasteiger partial charge in [-0.25, -0.2) is 4.39 Å². The van der Waals surface area contributed by atoms with Crippen LogP contribution in [-0.4, -0.2) is 31.1 Å². The van der Waals surface area contributed by atoms with Gasteiger partial charge in [-0.3, -0.25) is 0 Å². The Kier molecular flexibility index (Phi) is 5.34. The molecule has 0 N–H and O–H groups in total. The van der Waals surface area contributed by atoms with E-state index in [0.717, 1.165) is 5.56 Å². The molecule has 1 atom stereocenters. The fourth-order valence-corrected chi connectivity index (χ4v) is 5.29. The Bertz CT molecular complexity index is 1420. The second-order valence-electron chi connectivity index (χ2n) is 7.60. The molecule has 168 valence electrons. The van der Waals surface area contributed by atoms with Crippen molar-refractivity contribution in [3.8, 4) is 28.6 Å². The fourth-order valence-electron chi connectivity index (χ4n) is 3.93. The van der Waals surface area contributed by atoms with E-state index < -0.39 is 21.9 Å². The highest BCUT2D eigenvalue weighted by molar-refractivity contribution is 7.87. The van der Waals surface area contributed by atoms with Crippen molar-refractivity contribution in [3.05, 3.63) is 94.8 Å². The zero-order chi connectivity index (χ0) is 23.2. The third-order valence-corrected chi connectivity index (χ3v) is 6.92. The lowest BCUT2D eigenvalue weighted by Gasteiger charge is -2.24. The molecule has 0 bridgehead atoms. The van der Waals surface area contributed by atoms with Gasteiger partial charge in [0.15, 0.2) is 0 Å². The molecular weight excluding hydrogens is 467 g/mol. The summed E-state index contributed by atoms with van der Waals surface area (Å²) in [5.41, 5.74) is 3.17. The van der Waals surface area contributed by atoms with Gasteiger partial charge in [0.1, 0.15) is 17.3 Å². The highest BCUT2D eigenvalue weighted by Gasteiger charge is 2.39. The lowest BCUT2D eigenvalue weighted by atomic mass is 9.90. The molecule has 1 aliphatic rings.